The van der Waals surface area contributed by atoms with Crippen LogP contribution in [0.3, 0.4) is 0 Å². The van der Waals surface area contributed by atoms with E-state index in [0.717, 1.165) is 47.6 Å². The van der Waals surface area contributed by atoms with E-state index in [9.17, 15) is 5.26 Å². The van der Waals surface area contributed by atoms with Gasteiger partial charge in [0, 0.05) is 23.6 Å². The molecule has 2 aromatic heterocycles. The number of nitrogens with one attached hydrogen (secondary N) is 1. The number of hydrogen-bond donors (Lipinski definition) is 1. The molecule has 6 heteroatoms. The Morgan fingerprint density at radius 1 is 1.13 bits per heavy atom. The maximum Gasteiger partial charge on any atom is 0.198 e. The molecule has 1 saturated heterocycles. The van der Waals surface area contributed by atoms with Gasteiger partial charge < -0.3 is 10.1 Å². The zero-order valence-electron chi connectivity index (χ0n) is 17.4. The Labute approximate surface area is 181 Å². The van der Waals surface area contributed by atoms with Gasteiger partial charge in [0.1, 0.15) is 6.33 Å². The van der Waals surface area contributed by atoms with E-state index < -0.39 is 0 Å². The van der Waals surface area contributed by atoms with E-state index in [2.05, 4.69) is 58.7 Å². The summed E-state index contributed by atoms with van der Waals surface area (Å²) in [5, 5.41) is 17.1. The third kappa shape index (κ3) is 3.76. The molecule has 5 rings (SSSR count). The average Bonchev–Trinajstić information content (AvgIpc) is 3.50. The molecule has 0 aliphatic carbocycles. The summed E-state index contributed by atoms with van der Waals surface area (Å²) in [5.41, 5.74) is 6.53. The van der Waals surface area contributed by atoms with Gasteiger partial charge in [0.15, 0.2) is 11.4 Å². The quantitative estimate of drug-likeness (QED) is 0.534. The van der Waals surface area contributed by atoms with Crippen molar-refractivity contribution in [3.05, 3.63) is 72.1 Å². The van der Waals surface area contributed by atoms with Crippen molar-refractivity contribution in [3.8, 4) is 34.2 Å². The SMILES string of the molecule is Cc1ccc(-c2c(-c3ccc(C#N)cc3)cc(OC[C@@H]3CCNC3)c3ncnn23)cc1. The molecule has 154 valence electrons. The highest BCUT2D eigenvalue weighted by atomic mass is 16.5. The lowest BCUT2D eigenvalue weighted by atomic mass is 9.97. The summed E-state index contributed by atoms with van der Waals surface area (Å²) in [5.74, 6) is 1.22. The minimum atomic E-state index is 0.498. The van der Waals surface area contributed by atoms with E-state index in [1.807, 2.05) is 28.8 Å². The summed E-state index contributed by atoms with van der Waals surface area (Å²) >= 11 is 0. The molecule has 1 N–H and O–H groups in total. The maximum atomic E-state index is 9.19. The molecule has 6 nitrogen and oxygen atoms in total. The number of nitrogens with zero attached hydrogens (tertiary/aromatic N) is 4. The summed E-state index contributed by atoms with van der Waals surface area (Å²) in [7, 11) is 0. The molecule has 1 fully saturated rings. The minimum Gasteiger partial charge on any atom is -0.489 e. The number of rotatable bonds is 5. The highest BCUT2D eigenvalue weighted by Gasteiger charge is 2.20. The first kappa shape index (κ1) is 19.3. The molecule has 3 heterocycles. The van der Waals surface area contributed by atoms with Crippen molar-refractivity contribution < 1.29 is 4.74 Å². The van der Waals surface area contributed by atoms with E-state index in [0.29, 0.717) is 23.7 Å². The number of nitriles is 1. The molecule has 0 spiro atoms. The number of pyridine rings is 1. The molecule has 0 unspecified atom stereocenters. The lowest BCUT2D eigenvalue weighted by molar-refractivity contribution is 0.261. The summed E-state index contributed by atoms with van der Waals surface area (Å²) < 4.78 is 8.12. The van der Waals surface area contributed by atoms with Crippen LogP contribution in [-0.4, -0.2) is 34.3 Å². The maximum absolute atomic E-state index is 9.19. The molecule has 1 atom stereocenters. The first-order chi connectivity index (χ1) is 15.2. The highest BCUT2D eigenvalue weighted by molar-refractivity contribution is 5.85. The Morgan fingerprint density at radius 3 is 2.61 bits per heavy atom. The second-order valence-corrected chi connectivity index (χ2v) is 7.99. The van der Waals surface area contributed by atoms with Crippen molar-refractivity contribution in [2.45, 2.75) is 13.3 Å². The van der Waals surface area contributed by atoms with Crippen LogP contribution in [0.5, 0.6) is 5.75 Å². The minimum absolute atomic E-state index is 0.498. The zero-order valence-corrected chi connectivity index (χ0v) is 17.4. The van der Waals surface area contributed by atoms with Gasteiger partial charge in [-0.25, -0.2) is 9.50 Å². The molecular formula is C25H23N5O. The summed E-state index contributed by atoms with van der Waals surface area (Å²) in [6.07, 6.45) is 2.69. The van der Waals surface area contributed by atoms with Gasteiger partial charge in [-0.2, -0.15) is 10.4 Å². The monoisotopic (exact) mass is 409 g/mol. The fourth-order valence-corrected chi connectivity index (χ4v) is 4.06. The molecule has 1 aliphatic rings. The Morgan fingerprint density at radius 2 is 1.90 bits per heavy atom. The first-order valence-electron chi connectivity index (χ1n) is 10.5. The zero-order chi connectivity index (χ0) is 21.2. The number of benzene rings is 2. The van der Waals surface area contributed by atoms with E-state index >= 15 is 0 Å². The molecule has 0 bridgehead atoms. The lowest BCUT2D eigenvalue weighted by Crippen LogP contribution is -2.16. The number of aryl methyl sites for hydroxylation is 1. The van der Waals surface area contributed by atoms with Gasteiger partial charge in [0.2, 0.25) is 0 Å². The summed E-state index contributed by atoms with van der Waals surface area (Å²) in [6.45, 7) is 4.74. The molecule has 2 aromatic carbocycles. The van der Waals surface area contributed by atoms with Gasteiger partial charge >= 0.3 is 0 Å². The van der Waals surface area contributed by atoms with Gasteiger partial charge in [0.25, 0.3) is 0 Å². The number of hydrogen-bond acceptors (Lipinski definition) is 5. The van der Waals surface area contributed by atoms with E-state index in [4.69, 9.17) is 4.74 Å². The van der Waals surface area contributed by atoms with Crippen LogP contribution >= 0.6 is 0 Å². The molecule has 0 radical (unpaired) electrons. The third-order valence-corrected chi connectivity index (χ3v) is 5.80. The fourth-order valence-electron chi connectivity index (χ4n) is 4.06. The molecule has 4 aromatic rings. The van der Waals surface area contributed by atoms with Gasteiger partial charge in [-0.3, -0.25) is 0 Å². The van der Waals surface area contributed by atoms with Crippen LogP contribution in [0.1, 0.15) is 17.5 Å². The van der Waals surface area contributed by atoms with E-state index in [-0.39, 0.29) is 0 Å². The standard InChI is InChI=1S/C25H23N5O/c1-17-2-6-21(7-3-17)24-22(20-8-4-18(13-26)5-9-20)12-23(25-28-16-29-30(24)25)31-15-19-10-11-27-14-19/h2-9,12,16,19,27H,10-11,14-15H2,1H3/t19-/m1/s1. The van der Waals surface area contributed by atoms with Gasteiger partial charge in [0.05, 0.1) is 23.9 Å². The second-order valence-electron chi connectivity index (χ2n) is 7.99. The average molecular weight is 409 g/mol. The third-order valence-electron chi connectivity index (χ3n) is 5.80. The second kappa shape index (κ2) is 8.21. The lowest BCUT2D eigenvalue weighted by Gasteiger charge is -2.17. The van der Waals surface area contributed by atoms with Crippen molar-refractivity contribution in [2.24, 2.45) is 5.92 Å². The predicted molar refractivity (Wildman–Crippen MR) is 120 cm³/mol. The number of aromatic nitrogens is 3. The Balaban J connectivity index is 1.67. The van der Waals surface area contributed by atoms with Crippen molar-refractivity contribution in [1.82, 2.24) is 19.9 Å². The van der Waals surface area contributed by atoms with E-state index in [1.54, 1.807) is 6.33 Å². The van der Waals surface area contributed by atoms with Crippen LogP contribution in [0.4, 0.5) is 0 Å². The van der Waals surface area contributed by atoms with Crippen LogP contribution in [0, 0.1) is 24.2 Å². The Hall–Kier alpha value is -3.69. The van der Waals surface area contributed by atoms with Crippen LogP contribution < -0.4 is 10.1 Å². The van der Waals surface area contributed by atoms with Crippen LogP contribution in [0.2, 0.25) is 0 Å². The number of ether oxygens (including phenoxy) is 1. The molecular weight excluding hydrogens is 386 g/mol. The normalized spacial score (nSPS) is 15.8. The molecule has 0 saturated carbocycles. The van der Waals surface area contributed by atoms with Crippen LogP contribution in [0.25, 0.3) is 28.0 Å². The summed E-state index contributed by atoms with van der Waals surface area (Å²) in [6, 6.07) is 20.3. The van der Waals surface area contributed by atoms with Crippen molar-refractivity contribution in [1.29, 1.82) is 5.26 Å². The first-order valence-corrected chi connectivity index (χ1v) is 10.5. The Kier molecular flexibility index (Phi) is 5.11. The fraction of sp³-hybridized carbons (Fsp3) is 0.240. The van der Waals surface area contributed by atoms with Gasteiger partial charge in [-0.05, 0) is 43.7 Å². The van der Waals surface area contributed by atoms with E-state index in [1.165, 1.54) is 5.56 Å². The van der Waals surface area contributed by atoms with Gasteiger partial charge in [-0.15, -0.1) is 0 Å². The van der Waals surface area contributed by atoms with Crippen molar-refractivity contribution in [2.75, 3.05) is 19.7 Å². The smallest absolute Gasteiger partial charge is 0.198 e. The summed E-state index contributed by atoms with van der Waals surface area (Å²) in [4.78, 5) is 4.50. The predicted octanol–water partition coefficient (Wildman–Crippen LogP) is 4.23. The van der Waals surface area contributed by atoms with Crippen molar-refractivity contribution in [3.63, 3.8) is 0 Å². The van der Waals surface area contributed by atoms with Crippen LogP contribution in [0.15, 0.2) is 60.9 Å². The van der Waals surface area contributed by atoms with Gasteiger partial charge in [-0.1, -0.05) is 42.0 Å². The number of fused-ring (bicyclic) bond motifs is 1. The van der Waals surface area contributed by atoms with Crippen LogP contribution in [-0.2, 0) is 0 Å². The largest absolute Gasteiger partial charge is 0.489 e. The molecule has 0 amide bonds. The highest BCUT2D eigenvalue weighted by Crippen LogP contribution is 2.37. The molecule has 1 aliphatic heterocycles. The van der Waals surface area contributed by atoms with Crippen molar-refractivity contribution >= 4 is 5.65 Å². The topological polar surface area (TPSA) is 75.2 Å². The Bertz CT molecular complexity index is 1250. The molecule has 31 heavy (non-hydrogen) atoms.